The van der Waals surface area contributed by atoms with E-state index >= 15 is 0 Å². The van der Waals surface area contributed by atoms with Crippen LogP contribution in [0.4, 0.5) is 5.13 Å². The second-order valence-electron chi connectivity index (χ2n) is 2.97. The Hall–Kier alpha value is -1.96. The van der Waals surface area contributed by atoms with Crippen molar-refractivity contribution >= 4 is 22.4 Å². The summed E-state index contributed by atoms with van der Waals surface area (Å²) in [5, 5.41) is 9.78. The average Bonchev–Trinajstić information content (AvgIpc) is 2.87. The van der Waals surface area contributed by atoms with Crippen LogP contribution in [0.25, 0.3) is 0 Å². The number of thiazole rings is 1. The highest BCUT2D eigenvalue weighted by Crippen LogP contribution is 2.11. The maximum atomic E-state index is 11.1. The Balaban J connectivity index is 2.11. The number of nitrogens with zero attached hydrogens (tertiary/aromatic N) is 4. The lowest BCUT2D eigenvalue weighted by atomic mass is 10.4. The van der Waals surface area contributed by atoms with Crippen molar-refractivity contribution in [3.8, 4) is 0 Å². The number of nitrogen functional groups attached to an aromatic ring is 1. The second-order valence-corrected chi connectivity index (χ2v) is 3.86. The standard InChI is InChI=1S/C8H9N5O2S/c1-15-7(14)6-3-13(12-11-6)2-5-4-16-8(9)10-5/h3-4H,2H2,1H3,(H2,9,10). The van der Waals surface area contributed by atoms with E-state index in [9.17, 15) is 4.79 Å². The number of ether oxygens (including phenoxy) is 1. The zero-order valence-electron chi connectivity index (χ0n) is 8.45. The number of hydrogen-bond donors (Lipinski definition) is 1. The minimum absolute atomic E-state index is 0.172. The Labute approximate surface area is 94.9 Å². The van der Waals surface area contributed by atoms with Gasteiger partial charge in [0.15, 0.2) is 10.8 Å². The van der Waals surface area contributed by atoms with Gasteiger partial charge in [0.05, 0.1) is 25.5 Å². The van der Waals surface area contributed by atoms with Gasteiger partial charge in [-0.1, -0.05) is 5.21 Å². The van der Waals surface area contributed by atoms with E-state index in [-0.39, 0.29) is 5.69 Å². The van der Waals surface area contributed by atoms with Crippen molar-refractivity contribution in [2.75, 3.05) is 12.8 Å². The molecule has 0 atom stereocenters. The van der Waals surface area contributed by atoms with E-state index in [1.54, 1.807) is 0 Å². The Bertz CT molecular complexity index is 506. The molecular formula is C8H9N5O2S. The summed E-state index contributed by atoms with van der Waals surface area (Å²) in [7, 11) is 1.29. The molecule has 8 heteroatoms. The molecule has 7 nitrogen and oxygen atoms in total. The van der Waals surface area contributed by atoms with Gasteiger partial charge in [-0.3, -0.25) is 0 Å². The molecule has 2 rings (SSSR count). The third-order valence-electron chi connectivity index (χ3n) is 1.83. The molecule has 2 aromatic heterocycles. The molecule has 16 heavy (non-hydrogen) atoms. The number of anilines is 1. The van der Waals surface area contributed by atoms with E-state index < -0.39 is 5.97 Å². The number of esters is 1. The van der Waals surface area contributed by atoms with Crippen molar-refractivity contribution in [1.82, 2.24) is 20.0 Å². The van der Waals surface area contributed by atoms with Crippen LogP contribution >= 0.6 is 11.3 Å². The molecule has 0 aliphatic carbocycles. The molecule has 2 heterocycles. The van der Waals surface area contributed by atoms with Crippen molar-refractivity contribution in [3.63, 3.8) is 0 Å². The first-order valence-electron chi connectivity index (χ1n) is 4.37. The van der Waals surface area contributed by atoms with Gasteiger partial charge in [0.1, 0.15) is 0 Å². The first-order chi connectivity index (χ1) is 7.69. The van der Waals surface area contributed by atoms with Gasteiger partial charge in [0.2, 0.25) is 0 Å². The normalized spacial score (nSPS) is 10.3. The molecule has 2 N–H and O–H groups in total. The summed E-state index contributed by atoms with van der Waals surface area (Å²) in [5.74, 6) is -0.510. The fraction of sp³-hybridized carbons (Fsp3) is 0.250. The fourth-order valence-corrected chi connectivity index (χ4v) is 1.69. The van der Waals surface area contributed by atoms with E-state index in [0.29, 0.717) is 11.7 Å². The van der Waals surface area contributed by atoms with Crippen LogP contribution in [0.1, 0.15) is 16.2 Å². The van der Waals surface area contributed by atoms with Crippen molar-refractivity contribution in [2.24, 2.45) is 0 Å². The molecule has 0 fully saturated rings. The van der Waals surface area contributed by atoms with Gasteiger partial charge in [-0.05, 0) is 0 Å². The summed E-state index contributed by atoms with van der Waals surface area (Å²) in [4.78, 5) is 15.2. The number of methoxy groups -OCH3 is 1. The lowest BCUT2D eigenvalue weighted by Gasteiger charge is -1.94. The van der Waals surface area contributed by atoms with Crippen LogP contribution in [-0.2, 0) is 11.3 Å². The Morgan fingerprint density at radius 2 is 2.50 bits per heavy atom. The molecule has 2 aromatic rings. The fourth-order valence-electron chi connectivity index (χ4n) is 1.14. The van der Waals surface area contributed by atoms with Gasteiger partial charge in [-0.2, -0.15) is 0 Å². The predicted octanol–water partition coefficient (Wildman–Crippen LogP) is 0.152. The van der Waals surface area contributed by atoms with Crippen LogP contribution in [0.2, 0.25) is 0 Å². The monoisotopic (exact) mass is 239 g/mol. The summed E-state index contributed by atoms with van der Waals surface area (Å²) in [5.41, 5.74) is 6.45. The van der Waals surface area contributed by atoms with Gasteiger partial charge in [0.25, 0.3) is 0 Å². The first-order valence-corrected chi connectivity index (χ1v) is 5.25. The molecule has 0 radical (unpaired) electrons. The summed E-state index contributed by atoms with van der Waals surface area (Å²) >= 11 is 1.35. The number of aromatic nitrogens is 4. The highest BCUT2D eigenvalue weighted by Gasteiger charge is 2.11. The number of hydrogen-bond acceptors (Lipinski definition) is 7. The van der Waals surface area contributed by atoms with E-state index in [0.717, 1.165) is 5.69 Å². The minimum Gasteiger partial charge on any atom is -0.464 e. The number of carbonyl (C=O) groups is 1. The first kappa shape index (κ1) is 10.6. The predicted molar refractivity (Wildman–Crippen MR) is 57.0 cm³/mol. The van der Waals surface area contributed by atoms with Crippen LogP contribution in [-0.4, -0.2) is 33.1 Å². The van der Waals surface area contributed by atoms with E-state index in [1.165, 1.54) is 29.3 Å². The van der Waals surface area contributed by atoms with Gasteiger partial charge < -0.3 is 10.5 Å². The molecule has 0 aromatic carbocycles. The maximum absolute atomic E-state index is 11.1. The molecule has 0 amide bonds. The van der Waals surface area contributed by atoms with Gasteiger partial charge >= 0.3 is 5.97 Å². The number of nitrogens with two attached hydrogens (primary N) is 1. The van der Waals surface area contributed by atoms with Crippen LogP contribution < -0.4 is 5.73 Å². The van der Waals surface area contributed by atoms with Crippen LogP contribution in [0.3, 0.4) is 0 Å². The molecule has 0 aliphatic rings. The van der Waals surface area contributed by atoms with Crippen molar-refractivity contribution in [2.45, 2.75) is 6.54 Å². The summed E-state index contributed by atoms with van der Waals surface area (Å²) < 4.78 is 6.02. The van der Waals surface area contributed by atoms with E-state index in [2.05, 4.69) is 20.0 Å². The maximum Gasteiger partial charge on any atom is 0.360 e. The smallest absolute Gasteiger partial charge is 0.360 e. The molecule has 0 spiro atoms. The Kier molecular flexibility index (Phi) is 2.82. The zero-order valence-corrected chi connectivity index (χ0v) is 9.27. The van der Waals surface area contributed by atoms with Crippen LogP contribution in [0, 0.1) is 0 Å². The van der Waals surface area contributed by atoms with Crippen molar-refractivity contribution < 1.29 is 9.53 Å². The minimum atomic E-state index is -0.510. The lowest BCUT2D eigenvalue weighted by molar-refractivity contribution is 0.0594. The van der Waals surface area contributed by atoms with Crippen molar-refractivity contribution in [3.05, 3.63) is 23.0 Å². The van der Waals surface area contributed by atoms with E-state index in [1.807, 2.05) is 5.38 Å². The summed E-state index contributed by atoms with van der Waals surface area (Å²) in [6, 6.07) is 0. The molecular weight excluding hydrogens is 230 g/mol. The van der Waals surface area contributed by atoms with Gasteiger partial charge in [-0.15, -0.1) is 16.4 Å². The lowest BCUT2D eigenvalue weighted by Crippen LogP contribution is -2.02. The molecule has 84 valence electrons. The molecule has 0 unspecified atom stereocenters. The third kappa shape index (κ3) is 2.16. The third-order valence-corrected chi connectivity index (χ3v) is 2.55. The Morgan fingerprint density at radius 1 is 1.69 bits per heavy atom. The molecule has 0 bridgehead atoms. The summed E-state index contributed by atoms with van der Waals surface area (Å²) in [6.45, 7) is 0.428. The highest BCUT2D eigenvalue weighted by molar-refractivity contribution is 7.13. The van der Waals surface area contributed by atoms with Crippen LogP contribution in [0.15, 0.2) is 11.6 Å². The van der Waals surface area contributed by atoms with Crippen molar-refractivity contribution in [1.29, 1.82) is 0 Å². The average molecular weight is 239 g/mol. The largest absolute Gasteiger partial charge is 0.464 e. The number of carbonyl (C=O) groups excluding carboxylic acids is 1. The second kappa shape index (κ2) is 4.27. The quantitative estimate of drug-likeness (QED) is 0.766. The summed E-state index contributed by atoms with van der Waals surface area (Å²) in [6.07, 6.45) is 1.50. The van der Waals surface area contributed by atoms with Gasteiger partial charge in [0, 0.05) is 5.38 Å². The zero-order chi connectivity index (χ0) is 11.5. The van der Waals surface area contributed by atoms with Gasteiger partial charge in [-0.25, -0.2) is 14.5 Å². The molecule has 0 aliphatic heterocycles. The van der Waals surface area contributed by atoms with Crippen LogP contribution in [0.5, 0.6) is 0 Å². The molecule has 0 saturated heterocycles. The molecule has 0 saturated carbocycles. The SMILES string of the molecule is COC(=O)c1cn(Cc2csc(N)n2)nn1. The topological polar surface area (TPSA) is 95.9 Å². The van der Waals surface area contributed by atoms with E-state index in [4.69, 9.17) is 5.73 Å². The Morgan fingerprint density at radius 3 is 3.12 bits per heavy atom. The number of rotatable bonds is 3. The highest BCUT2D eigenvalue weighted by atomic mass is 32.1.